The molecule has 27 heavy (non-hydrogen) atoms. The lowest BCUT2D eigenvalue weighted by molar-refractivity contribution is -0.384. The molecule has 9 nitrogen and oxygen atoms in total. The Kier molecular flexibility index (Phi) is 4.90. The highest BCUT2D eigenvalue weighted by molar-refractivity contribution is 7.14. The number of phenolic OH excluding ortho intramolecular Hbond substituents is 3. The highest BCUT2D eigenvalue weighted by atomic mass is 32.1. The third-order valence-corrected chi connectivity index (χ3v) is 4.39. The van der Waals surface area contributed by atoms with Crippen LogP contribution < -0.4 is 5.43 Å². The van der Waals surface area contributed by atoms with Crippen LogP contribution in [0.3, 0.4) is 0 Å². The van der Waals surface area contributed by atoms with Crippen LogP contribution in [0.15, 0.2) is 46.9 Å². The number of nitro benzene ring substituents is 1. The van der Waals surface area contributed by atoms with Crippen molar-refractivity contribution in [3.63, 3.8) is 0 Å². The van der Waals surface area contributed by atoms with Gasteiger partial charge in [0.2, 0.25) is 5.13 Å². The summed E-state index contributed by atoms with van der Waals surface area (Å²) in [4.78, 5) is 14.6. The average molecular weight is 386 g/mol. The van der Waals surface area contributed by atoms with E-state index in [1.165, 1.54) is 23.5 Å². The first kappa shape index (κ1) is 18.1. The van der Waals surface area contributed by atoms with Crippen molar-refractivity contribution in [1.29, 1.82) is 0 Å². The largest absolute Gasteiger partial charge is 0.508 e. The molecule has 3 rings (SSSR count). The molecule has 0 aliphatic heterocycles. The summed E-state index contributed by atoms with van der Waals surface area (Å²) in [6, 6.07) is 8.23. The summed E-state index contributed by atoms with van der Waals surface area (Å²) in [5, 5.41) is 46.1. The molecule has 0 spiro atoms. The second-order valence-electron chi connectivity index (χ2n) is 5.51. The fourth-order valence-corrected chi connectivity index (χ4v) is 3.03. The molecule has 0 radical (unpaired) electrons. The number of hydrazone groups is 1. The molecule has 1 heterocycles. The van der Waals surface area contributed by atoms with Gasteiger partial charge < -0.3 is 15.3 Å². The molecule has 0 amide bonds. The molecule has 0 aliphatic carbocycles. The van der Waals surface area contributed by atoms with Crippen LogP contribution in [0, 0.1) is 10.1 Å². The number of hydrogen-bond donors (Lipinski definition) is 4. The number of aromatic nitrogens is 1. The number of benzene rings is 2. The molecule has 10 heteroatoms. The Bertz CT molecular complexity index is 1010. The molecule has 0 atom stereocenters. The highest BCUT2D eigenvalue weighted by Gasteiger charge is 2.13. The van der Waals surface area contributed by atoms with Crippen molar-refractivity contribution in [3.05, 3.63) is 57.5 Å². The monoisotopic (exact) mass is 386 g/mol. The van der Waals surface area contributed by atoms with Gasteiger partial charge in [0.15, 0.2) is 0 Å². The number of phenols is 3. The SMILES string of the molecule is C/C(=N\Nc1nc(-c2ccc([N+](=O)[O-])cc2)cs1)c1c(O)cc(O)cc1O. The van der Waals surface area contributed by atoms with Gasteiger partial charge in [0, 0.05) is 35.2 Å². The third-order valence-electron chi connectivity index (χ3n) is 3.64. The summed E-state index contributed by atoms with van der Waals surface area (Å²) in [7, 11) is 0. The number of non-ortho nitro benzene ring substituents is 1. The minimum atomic E-state index is -0.469. The Morgan fingerprint density at radius 1 is 1.19 bits per heavy atom. The second kappa shape index (κ2) is 7.30. The van der Waals surface area contributed by atoms with Crippen molar-refractivity contribution >= 4 is 27.9 Å². The summed E-state index contributed by atoms with van der Waals surface area (Å²) in [6.45, 7) is 1.57. The molecule has 1 aromatic heterocycles. The van der Waals surface area contributed by atoms with Gasteiger partial charge in [-0.2, -0.15) is 5.10 Å². The molecule has 0 saturated heterocycles. The first-order valence-electron chi connectivity index (χ1n) is 7.61. The van der Waals surface area contributed by atoms with Crippen LogP contribution in [-0.2, 0) is 0 Å². The van der Waals surface area contributed by atoms with Gasteiger partial charge in [-0.3, -0.25) is 15.5 Å². The Labute approximate surface area is 157 Å². The zero-order valence-electron chi connectivity index (χ0n) is 13.9. The summed E-state index contributed by atoms with van der Waals surface area (Å²) in [5.41, 5.74) is 4.46. The molecule has 4 N–H and O–H groups in total. The lowest BCUT2D eigenvalue weighted by Gasteiger charge is -2.07. The third kappa shape index (κ3) is 3.96. The minimum absolute atomic E-state index is 0.000987. The topological polar surface area (TPSA) is 141 Å². The number of nitro groups is 1. The Hall–Kier alpha value is -3.66. The Balaban J connectivity index is 1.78. The summed E-state index contributed by atoms with van der Waals surface area (Å²) >= 11 is 1.27. The molecule has 138 valence electrons. The standard InChI is InChI=1S/C17H14N4O5S/c1-9(16-14(23)6-12(22)7-15(16)24)19-20-17-18-13(8-27-17)10-2-4-11(5-3-10)21(25)26/h2-8,22-24H,1H3,(H,18,20)/b19-9+. The molecule has 0 fully saturated rings. The first-order valence-corrected chi connectivity index (χ1v) is 8.49. The van der Waals surface area contributed by atoms with Crippen LogP contribution in [-0.4, -0.2) is 30.9 Å². The van der Waals surface area contributed by atoms with Gasteiger partial charge in [-0.15, -0.1) is 11.3 Å². The quantitative estimate of drug-likeness (QED) is 0.298. The molecular weight excluding hydrogens is 372 g/mol. The van der Waals surface area contributed by atoms with Gasteiger partial charge >= 0.3 is 0 Å². The molecular formula is C17H14N4O5S. The number of aromatic hydroxyl groups is 3. The number of rotatable bonds is 5. The normalized spacial score (nSPS) is 11.4. The minimum Gasteiger partial charge on any atom is -0.508 e. The van der Waals surface area contributed by atoms with Crippen LogP contribution in [0.1, 0.15) is 12.5 Å². The van der Waals surface area contributed by atoms with Gasteiger partial charge in [0.25, 0.3) is 5.69 Å². The fraction of sp³-hybridized carbons (Fsp3) is 0.0588. The van der Waals surface area contributed by atoms with E-state index in [1.54, 1.807) is 24.4 Å². The first-order chi connectivity index (χ1) is 12.8. The molecule has 0 unspecified atom stereocenters. The van der Waals surface area contributed by atoms with Gasteiger partial charge in [0.1, 0.15) is 17.2 Å². The van der Waals surface area contributed by atoms with Crippen molar-refractivity contribution in [1.82, 2.24) is 4.98 Å². The smallest absolute Gasteiger partial charge is 0.269 e. The lowest BCUT2D eigenvalue weighted by Crippen LogP contribution is -2.00. The number of nitrogens with zero attached hydrogens (tertiary/aromatic N) is 3. The fourth-order valence-electron chi connectivity index (χ4n) is 2.37. The van der Waals surface area contributed by atoms with E-state index in [0.717, 1.165) is 17.7 Å². The van der Waals surface area contributed by atoms with E-state index in [-0.39, 0.29) is 34.2 Å². The van der Waals surface area contributed by atoms with Gasteiger partial charge in [-0.1, -0.05) is 0 Å². The van der Waals surface area contributed by atoms with Crippen molar-refractivity contribution in [2.75, 3.05) is 5.43 Å². The number of thiazole rings is 1. The van der Waals surface area contributed by atoms with E-state index in [9.17, 15) is 25.4 Å². The highest BCUT2D eigenvalue weighted by Crippen LogP contribution is 2.32. The zero-order chi connectivity index (χ0) is 19.6. The van der Waals surface area contributed by atoms with E-state index in [0.29, 0.717) is 10.8 Å². The van der Waals surface area contributed by atoms with E-state index >= 15 is 0 Å². The molecule has 2 aromatic carbocycles. The maximum absolute atomic E-state index is 10.7. The molecule has 0 saturated carbocycles. The molecule has 3 aromatic rings. The van der Waals surface area contributed by atoms with Crippen LogP contribution in [0.5, 0.6) is 17.2 Å². The van der Waals surface area contributed by atoms with E-state index in [2.05, 4.69) is 15.5 Å². The van der Waals surface area contributed by atoms with Crippen LogP contribution in [0.2, 0.25) is 0 Å². The zero-order valence-corrected chi connectivity index (χ0v) is 14.8. The maximum atomic E-state index is 10.7. The van der Waals surface area contributed by atoms with Gasteiger partial charge in [-0.25, -0.2) is 4.98 Å². The van der Waals surface area contributed by atoms with Crippen molar-refractivity contribution in [2.24, 2.45) is 5.10 Å². The van der Waals surface area contributed by atoms with Crippen LogP contribution in [0.25, 0.3) is 11.3 Å². The average Bonchev–Trinajstić information content (AvgIpc) is 3.08. The predicted octanol–water partition coefficient (Wildman–Crippen LogP) is 3.67. The van der Waals surface area contributed by atoms with Crippen molar-refractivity contribution in [3.8, 4) is 28.5 Å². The van der Waals surface area contributed by atoms with E-state index < -0.39 is 4.92 Å². The summed E-state index contributed by atoms with van der Waals surface area (Å²) in [6.07, 6.45) is 0. The van der Waals surface area contributed by atoms with E-state index in [1.807, 2.05) is 0 Å². The summed E-state index contributed by atoms with van der Waals surface area (Å²) < 4.78 is 0. The lowest BCUT2D eigenvalue weighted by atomic mass is 10.1. The maximum Gasteiger partial charge on any atom is 0.269 e. The Morgan fingerprint density at radius 2 is 1.81 bits per heavy atom. The predicted molar refractivity (Wildman–Crippen MR) is 101 cm³/mol. The second-order valence-corrected chi connectivity index (χ2v) is 6.37. The number of anilines is 1. The van der Waals surface area contributed by atoms with Crippen molar-refractivity contribution < 1.29 is 20.2 Å². The van der Waals surface area contributed by atoms with Crippen molar-refractivity contribution in [2.45, 2.75) is 6.92 Å². The van der Waals surface area contributed by atoms with E-state index in [4.69, 9.17) is 0 Å². The van der Waals surface area contributed by atoms with Crippen LogP contribution >= 0.6 is 11.3 Å². The van der Waals surface area contributed by atoms with Gasteiger partial charge in [-0.05, 0) is 19.1 Å². The number of nitrogens with one attached hydrogen (secondary N) is 1. The molecule has 0 bridgehead atoms. The van der Waals surface area contributed by atoms with Gasteiger partial charge in [0.05, 0.1) is 21.9 Å². The van der Waals surface area contributed by atoms with Crippen LogP contribution in [0.4, 0.5) is 10.8 Å². The summed E-state index contributed by atoms with van der Waals surface area (Å²) in [5.74, 6) is -0.871. The Morgan fingerprint density at radius 3 is 2.41 bits per heavy atom. The molecule has 0 aliphatic rings. The number of hydrogen-bond acceptors (Lipinski definition) is 9.